The number of methoxy groups -OCH3 is 2. The molecule has 0 bridgehead atoms. The molecule has 23 heavy (non-hydrogen) atoms. The molecule has 0 aliphatic carbocycles. The molecule has 3 rings (SSSR count). The zero-order valence-corrected chi connectivity index (χ0v) is 13.1. The van der Waals surface area contributed by atoms with Gasteiger partial charge in [0.1, 0.15) is 6.33 Å². The number of rotatable bonds is 5. The SMILES string of the molecule is COC[C@@H]1C[C@@H](OC)CN1C(=O)c1cccc(-n2cnnn2)c1. The first kappa shape index (κ1) is 15.6. The number of carbonyl (C=O) groups is 1. The minimum Gasteiger partial charge on any atom is -0.383 e. The first-order valence-corrected chi connectivity index (χ1v) is 7.39. The molecule has 8 nitrogen and oxygen atoms in total. The van der Waals surface area contributed by atoms with E-state index in [4.69, 9.17) is 9.47 Å². The van der Waals surface area contributed by atoms with Crippen LogP contribution in [0.25, 0.3) is 5.69 Å². The van der Waals surface area contributed by atoms with Crippen molar-refractivity contribution in [3.8, 4) is 5.69 Å². The third-order valence-electron chi connectivity index (χ3n) is 4.04. The van der Waals surface area contributed by atoms with Gasteiger partial charge in [0.25, 0.3) is 5.91 Å². The van der Waals surface area contributed by atoms with Gasteiger partial charge in [-0.05, 0) is 35.0 Å². The predicted octanol–water partition coefficient (Wildman–Crippen LogP) is 0.538. The van der Waals surface area contributed by atoms with Crippen molar-refractivity contribution in [2.75, 3.05) is 27.4 Å². The van der Waals surface area contributed by atoms with E-state index in [1.165, 1.54) is 11.0 Å². The summed E-state index contributed by atoms with van der Waals surface area (Å²) in [6, 6.07) is 7.26. The number of tetrazole rings is 1. The molecule has 1 aromatic heterocycles. The lowest BCUT2D eigenvalue weighted by atomic mass is 10.1. The number of ether oxygens (including phenoxy) is 2. The number of aromatic nitrogens is 4. The molecular weight excluding hydrogens is 298 g/mol. The van der Waals surface area contributed by atoms with Crippen LogP contribution in [0.15, 0.2) is 30.6 Å². The number of hydrogen-bond acceptors (Lipinski definition) is 6. The van der Waals surface area contributed by atoms with Gasteiger partial charge >= 0.3 is 0 Å². The van der Waals surface area contributed by atoms with Gasteiger partial charge in [-0.1, -0.05) is 6.07 Å². The first-order chi connectivity index (χ1) is 11.2. The van der Waals surface area contributed by atoms with Gasteiger partial charge in [0.2, 0.25) is 0 Å². The minimum absolute atomic E-state index is 0.0224. The number of hydrogen-bond donors (Lipinski definition) is 0. The van der Waals surface area contributed by atoms with Gasteiger partial charge in [0.15, 0.2) is 0 Å². The Kier molecular flexibility index (Phi) is 4.63. The van der Waals surface area contributed by atoms with Gasteiger partial charge in [-0.25, -0.2) is 4.68 Å². The van der Waals surface area contributed by atoms with Crippen LogP contribution in [0.4, 0.5) is 0 Å². The zero-order valence-electron chi connectivity index (χ0n) is 13.1. The topological polar surface area (TPSA) is 82.4 Å². The van der Waals surface area contributed by atoms with Crippen LogP contribution in [0.5, 0.6) is 0 Å². The Labute approximate surface area is 134 Å². The summed E-state index contributed by atoms with van der Waals surface area (Å²) in [5.74, 6) is -0.0403. The van der Waals surface area contributed by atoms with Gasteiger partial charge in [0.05, 0.1) is 24.4 Å². The Morgan fingerprint density at radius 2 is 2.26 bits per heavy atom. The summed E-state index contributed by atoms with van der Waals surface area (Å²) in [5.41, 5.74) is 1.34. The summed E-state index contributed by atoms with van der Waals surface area (Å²) in [4.78, 5) is 14.7. The molecule has 1 fully saturated rings. The maximum Gasteiger partial charge on any atom is 0.254 e. The Hall–Kier alpha value is -2.32. The molecule has 1 aliphatic heterocycles. The fourth-order valence-corrected chi connectivity index (χ4v) is 2.87. The molecule has 0 unspecified atom stereocenters. The predicted molar refractivity (Wildman–Crippen MR) is 81.3 cm³/mol. The van der Waals surface area contributed by atoms with E-state index in [2.05, 4.69) is 15.5 Å². The average molecular weight is 317 g/mol. The van der Waals surface area contributed by atoms with Crippen molar-refractivity contribution in [1.29, 1.82) is 0 Å². The van der Waals surface area contributed by atoms with E-state index in [1.807, 2.05) is 17.0 Å². The van der Waals surface area contributed by atoms with Crippen LogP contribution >= 0.6 is 0 Å². The van der Waals surface area contributed by atoms with Crippen molar-refractivity contribution in [2.24, 2.45) is 0 Å². The summed E-state index contributed by atoms with van der Waals surface area (Å²) in [7, 11) is 3.31. The van der Waals surface area contributed by atoms with Crippen LogP contribution in [0, 0.1) is 0 Å². The zero-order chi connectivity index (χ0) is 16.2. The summed E-state index contributed by atoms with van der Waals surface area (Å²) in [6.45, 7) is 1.07. The molecule has 0 N–H and O–H groups in total. The molecule has 8 heteroatoms. The highest BCUT2D eigenvalue weighted by Crippen LogP contribution is 2.23. The molecule has 0 saturated carbocycles. The molecule has 0 radical (unpaired) electrons. The Balaban J connectivity index is 1.83. The maximum absolute atomic E-state index is 12.9. The lowest BCUT2D eigenvalue weighted by molar-refractivity contribution is 0.0612. The molecule has 1 amide bonds. The fourth-order valence-electron chi connectivity index (χ4n) is 2.87. The summed E-state index contributed by atoms with van der Waals surface area (Å²) in [5, 5.41) is 11.1. The van der Waals surface area contributed by atoms with Crippen molar-refractivity contribution in [3.05, 3.63) is 36.2 Å². The third-order valence-corrected chi connectivity index (χ3v) is 4.04. The molecule has 1 aromatic carbocycles. The van der Waals surface area contributed by atoms with E-state index in [0.717, 1.165) is 12.1 Å². The van der Waals surface area contributed by atoms with Crippen LogP contribution in [0.3, 0.4) is 0 Å². The Morgan fingerprint density at radius 1 is 1.39 bits per heavy atom. The van der Waals surface area contributed by atoms with Gasteiger partial charge in [-0.3, -0.25) is 4.79 Å². The van der Waals surface area contributed by atoms with E-state index < -0.39 is 0 Å². The maximum atomic E-state index is 12.9. The first-order valence-electron chi connectivity index (χ1n) is 7.39. The van der Waals surface area contributed by atoms with E-state index in [0.29, 0.717) is 18.7 Å². The van der Waals surface area contributed by atoms with Gasteiger partial charge in [0, 0.05) is 26.3 Å². The highest BCUT2D eigenvalue weighted by molar-refractivity contribution is 5.95. The van der Waals surface area contributed by atoms with E-state index in [-0.39, 0.29) is 18.1 Å². The van der Waals surface area contributed by atoms with Crippen LogP contribution in [0.2, 0.25) is 0 Å². The number of benzene rings is 1. The lowest BCUT2D eigenvalue weighted by Crippen LogP contribution is -2.38. The van der Waals surface area contributed by atoms with Crippen molar-refractivity contribution < 1.29 is 14.3 Å². The van der Waals surface area contributed by atoms with Crippen LogP contribution < -0.4 is 0 Å². The largest absolute Gasteiger partial charge is 0.383 e. The van der Waals surface area contributed by atoms with Crippen molar-refractivity contribution in [2.45, 2.75) is 18.6 Å². The number of likely N-dealkylation sites (tertiary alicyclic amines) is 1. The molecular formula is C15H19N5O3. The Morgan fingerprint density at radius 3 is 2.96 bits per heavy atom. The molecule has 2 heterocycles. The average Bonchev–Trinajstić information content (AvgIpc) is 3.24. The minimum atomic E-state index is -0.0403. The van der Waals surface area contributed by atoms with E-state index in [9.17, 15) is 4.79 Å². The smallest absolute Gasteiger partial charge is 0.254 e. The number of nitrogens with zero attached hydrogens (tertiary/aromatic N) is 5. The summed E-state index contributed by atoms with van der Waals surface area (Å²) in [6.07, 6.45) is 2.32. The van der Waals surface area contributed by atoms with Gasteiger partial charge in [-0.15, -0.1) is 5.10 Å². The fraction of sp³-hybridized carbons (Fsp3) is 0.467. The Bertz CT molecular complexity index is 661. The molecule has 0 spiro atoms. The second kappa shape index (κ2) is 6.84. The van der Waals surface area contributed by atoms with E-state index in [1.54, 1.807) is 26.4 Å². The number of carbonyl (C=O) groups excluding carboxylic acids is 1. The van der Waals surface area contributed by atoms with Gasteiger partial charge < -0.3 is 14.4 Å². The summed E-state index contributed by atoms with van der Waals surface area (Å²) >= 11 is 0. The highest BCUT2D eigenvalue weighted by atomic mass is 16.5. The second-order valence-corrected chi connectivity index (χ2v) is 5.46. The van der Waals surface area contributed by atoms with Crippen LogP contribution in [-0.4, -0.2) is 70.5 Å². The highest BCUT2D eigenvalue weighted by Gasteiger charge is 2.35. The van der Waals surface area contributed by atoms with Crippen molar-refractivity contribution in [3.63, 3.8) is 0 Å². The van der Waals surface area contributed by atoms with Gasteiger partial charge in [-0.2, -0.15) is 0 Å². The van der Waals surface area contributed by atoms with Crippen molar-refractivity contribution in [1.82, 2.24) is 25.1 Å². The second-order valence-electron chi connectivity index (χ2n) is 5.46. The van der Waals surface area contributed by atoms with Crippen LogP contribution in [0.1, 0.15) is 16.8 Å². The standard InChI is InChI=1S/C15H19N5O3/c1-22-9-13-7-14(23-2)8-19(13)15(21)11-4-3-5-12(6-11)20-10-16-17-18-20/h3-6,10,13-14H,7-9H2,1-2H3/t13-,14+/m0/s1. The third kappa shape index (κ3) is 3.22. The molecule has 2 aromatic rings. The summed E-state index contributed by atoms with van der Waals surface area (Å²) < 4.78 is 12.2. The molecule has 2 atom stereocenters. The molecule has 1 saturated heterocycles. The molecule has 122 valence electrons. The number of amides is 1. The van der Waals surface area contributed by atoms with Crippen LogP contribution in [-0.2, 0) is 9.47 Å². The lowest BCUT2D eigenvalue weighted by Gasteiger charge is -2.24. The monoisotopic (exact) mass is 317 g/mol. The normalized spacial score (nSPS) is 20.9. The molecule has 1 aliphatic rings. The quantitative estimate of drug-likeness (QED) is 0.800. The van der Waals surface area contributed by atoms with Crippen molar-refractivity contribution >= 4 is 5.91 Å². The van der Waals surface area contributed by atoms with E-state index >= 15 is 0 Å².